The first kappa shape index (κ1) is 16.9. The highest BCUT2D eigenvalue weighted by atomic mass is 16.3. The number of hydrogen-bond donors (Lipinski definition) is 2. The van der Waals surface area contributed by atoms with E-state index in [0.29, 0.717) is 12.0 Å². The molecule has 3 unspecified atom stereocenters. The van der Waals surface area contributed by atoms with Crippen LogP contribution in [0.15, 0.2) is 0 Å². The molecule has 3 heteroatoms. The Hall–Kier alpha value is -0.120. The molecule has 19 heavy (non-hydrogen) atoms. The van der Waals surface area contributed by atoms with Crippen LogP contribution in [-0.4, -0.2) is 48.3 Å². The van der Waals surface area contributed by atoms with Gasteiger partial charge in [0.15, 0.2) is 0 Å². The largest absolute Gasteiger partial charge is 0.393 e. The second-order valence-electron chi connectivity index (χ2n) is 6.59. The van der Waals surface area contributed by atoms with E-state index in [1.165, 1.54) is 19.4 Å². The van der Waals surface area contributed by atoms with Crippen LogP contribution in [0.3, 0.4) is 0 Å². The Labute approximate surface area is 119 Å². The molecular formula is C16H34N2O. The van der Waals surface area contributed by atoms with Crippen LogP contribution >= 0.6 is 0 Å². The van der Waals surface area contributed by atoms with Crippen LogP contribution in [0.25, 0.3) is 0 Å². The molecule has 0 aliphatic carbocycles. The fraction of sp³-hybridized carbons (Fsp3) is 1.00. The van der Waals surface area contributed by atoms with Gasteiger partial charge in [-0.2, -0.15) is 0 Å². The molecule has 114 valence electrons. The van der Waals surface area contributed by atoms with Gasteiger partial charge in [0.1, 0.15) is 0 Å². The number of aliphatic hydroxyl groups is 1. The smallest absolute Gasteiger partial charge is 0.0540 e. The highest BCUT2D eigenvalue weighted by Gasteiger charge is 2.27. The summed E-state index contributed by atoms with van der Waals surface area (Å²) in [7, 11) is 0. The summed E-state index contributed by atoms with van der Waals surface area (Å²) in [5.74, 6) is 1.43. The predicted molar refractivity (Wildman–Crippen MR) is 82.4 cm³/mol. The van der Waals surface area contributed by atoms with Crippen molar-refractivity contribution in [3.05, 3.63) is 0 Å². The summed E-state index contributed by atoms with van der Waals surface area (Å²) in [6, 6.07) is 0.613. The molecule has 0 aromatic carbocycles. The van der Waals surface area contributed by atoms with Crippen molar-refractivity contribution in [3.63, 3.8) is 0 Å². The van der Waals surface area contributed by atoms with Gasteiger partial charge in [-0.15, -0.1) is 0 Å². The van der Waals surface area contributed by atoms with Crippen molar-refractivity contribution in [2.45, 2.75) is 65.5 Å². The molecular weight excluding hydrogens is 236 g/mol. The van der Waals surface area contributed by atoms with Crippen molar-refractivity contribution in [1.82, 2.24) is 10.2 Å². The maximum absolute atomic E-state index is 9.87. The third kappa shape index (κ3) is 6.73. The number of piperidine rings is 1. The summed E-state index contributed by atoms with van der Waals surface area (Å²) >= 11 is 0. The molecule has 1 rings (SSSR count). The van der Waals surface area contributed by atoms with E-state index in [4.69, 9.17) is 0 Å². The molecule has 2 N–H and O–H groups in total. The lowest BCUT2D eigenvalue weighted by atomic mass is 9.88. The Balaban J connectivity index is 2.38. The molecule has 1 heterocycles. The van der Waals surface area contributed by atoms with Crippen LogP contribution in [0.1, 0.15) is 53.4 Å². The van der Waals surface area contributed by atoms with Crippen molar-refractivity contribution in [1.29, 1.82) is 0 Å². The predicted octanol–water partition coefficient (Wildman–Crippen LogP) is 2.49. The number of rotatable bonds is 8. The van der Waals surface area contributed by atoms with Crippen LogP contribution in [0, 0.1) is 11.8 Å². The molecule has 0 aromatic heterocycles. The molecule has 3 atom stereocenters. The molecule has 1 aliphatic heterocycles. The van der Waals surface area contributed by atoms with Gasteiger partial charge in [-0.3, -0.25) is 0 Å². The van der Waals surface area contributed by atoms with Gasteiger partial charge in [0.2, 0.25) is 0 Å². The Kier molecular flexibility index (Phi) is 7.96. The highest BCUT2D eigenvalue weighted by molar-refractivity contribution is 4.84. The third-order valence-corrected chi connectivity index (χ3v) is 4.29. The normalized spacial score (nSPS) is 26.8. The van der Waals surface area contributed by atoms with Gasteiger partial charge in [-0.05, 0) is 50.6 Å². The molecule has 3 nitrogen and oxygen atoms in total. The Morgan fingerprint density at radius 3 is 2.58 bits per heavy atom. The van der Waals surface area contributed by atoms with E-state index in [1.54, 1.807) is 0 Å². The molecule has 0 amide bonds. The van der Waals surface area contributed by atoms with Crippen molar-refractivity contribution in [2.24, 2.45) is 11.8 Å². The Morgan fingerprint density at radius 1 is 1.26 bits per heavy atom. The maximum Gasteiger partial charge on any atom is 0.0540 e. The summed E-state index contributed by atoms with van der Waals surface area (Å²) in [6.07, 6.45) is 4.22. The summed E-state index contributed by atoms with van der Waals surface area (Å²) in [5, 5.41) is 13.6. The van der Waals surface area contributed by atoms with E-state index in [9.17, 15) is 5.11 Å². The van der Waals surface area contributed by atoms with E-state index in [2.05, 4.69) is 37.9 Å². The Morgan fingerprint density at radius 2 is 2.00 bits per heavy atom. The number of likely N-dealkylation sites (N-methyl/N-ethyl adjacent to an activating group) is 1. The molecule has 0 saturated carbocycles. The van der Waals surface area contributed by atoms with E-state index >= 15 is 0 Å². The third-order valence-electron chi connectivity index (χ3n) is 4.29. The first-order valence-corrected chi connectivity index (χ1v) is 8.18. The monoisotopic (exact) mass is 270 g/mol. The number of aliphatic hydroxyl groups excluding tert-OH is 1. The number of hydrogen-bond acceptors (Lipinski definition) is 3. The lowest BCUT2D eigenvalue weighted by Crippen LogP contribution is -2.49. The summed E-state index contributed by atoms with van der Waals surface area (Å²) in [4.78, 5) is 2.53. The minimum atomic E-state index is -0.113. The zero-order chi connectivity index (χ0) is 14.3. The molecule has 0 bridgehead atoms. The lowest BCUT2D eigenvalue weighted by molar-refractivity contribution is 0.0861. The Bertz CT molecular complexity index is 231. The second kappa shape index (κ2) is 8.93. The topological polar surface area (TPSA) is 35.5 Å². The lowest BCUT2D eigenvalue weighted by Gasteiger charge is -2.38. The first-order valence-electron chi connectivity index (χ1n) is 8.18. The van der Waals surface area contributed by atoms with Crippen molar-refractivity contribution >= 4 is 0 Å². The fourth-order valence-corrected chi connectivity index (χ4v) is 3.01. The number of nitrogens with one attached hydrogen (secondary N) is 1. The fourth-order valence-electron chi connectivity index (χ4n) is 3.01. The van der Waals surface area contributed by atoms with Crippen LogP contribution in [0.2, 0.25) is 0 Å². The summed E-state index contributed by atoms with van der Waals surface area (Å²) in [6.45, 7) is 13.5. The van der Waals surface area contributed by atoms with Crippen LogP contribution < -0.4 is 5.32 Å². The van der Waals surface area contributed by atoms with E-state index in [1.807, 2.05) is 0 Å². The molecule has 0 radical (unpaired) electrons. The van der Waals surface area contributed by atoms with Crippen molar-refractivity contribution in [3.8, 4) is 0 Å². The second-order valence-corrected chi connectivity index (χ2v) is 6.59. The van der Waals surface area contributed by atoms with Gasteiger partial charge in [0.05, 0.1) is 6.10 Å². The van der Waals surface area contributed by atoms with E-state index < -0.39 is 0 Å². The number of likely N-dealkylation sites (tertiary alicyclic amines) is 1. The van der Waals surface area contributed by atoms with Crippen LogP contribution in [0.4, 0.5) is 0 Å². The van der Waals surface area contributed by atoms with E-state index in [-0.39, 0.29) is 6.10 Å². The zero-order valence-corrected chi connectivity index (χ0v) is 13.4. The maximum atomic E-state index is 9.87. The zero-order valence-electron chi connectivity index (χ0n) is 13.4. The quantitative estimate of drug-likeness (QED) is 0.711. The number of nitrogens with zero attached hydrogens (tertiary/aromatic N) is 1. The van der Waals surface area contributed by atoms with Gasteiger partial charge < -0.3 is 15.3 Å². The minimum absolute atomic E-state index is 0.113. The first-order chi connectivity index (χ1) is 9.05. The standard InChI is InChI=1S/C16H34N2O/c1-5-16(19)10-14-9-15(12-18(6-2)11-14)17-8-7-13(3)4/h13-17,19H,5-12H2,1-4H3. The molecule has 1 aliphatic rings. The molecule has 0 aromatic rings. The van der Waals surface area contributed by atoms with Crippen molar-refractivity contribution in [2.75, 3.05) is 26.2 Å². The van der Waals surface area contributed by atoms with Gasteiger partial charge in [-0.25, -0.2) is 0 Å². The van der Waals surface area contributed by atoms with Gasteiger partial charge in [0, 0.05) is 19.1 Å². The SMILES string of the molecule is CCC(O)CC1CC(NCCC(C)C)CN(CC)C1. The van der Waals surface area contributed by atoms with Gasteiger partial charge in [-0.1, -0.05) is 27.7 Å². The average Bonchev–Trinajstić information content (AvgIpc) is 2.37. The molecule has 1 fully saturated rings. The highest BCUT2D eigenvalue weighted by Crippen LogP contribution is 2.22. The summed E-state index contributed by atoms with van der Waals surface area (Å²) in [5.41, 5.74) is 0. The molecule has 1 saturated heterocycles. The van der Waals surface area contributed by atoms with Crippen molar-refractivity contribution < 1.29 is 5.11 Å². The summed E-state index contributed by atoms with van der Waals surface area (Å²) < 4.78 is 0. The molecule has 0 spiro atoms. The van der Waals surface area contributed by atoms with E-state index in [0.717, 1.165) is 38.4 Å². The van der Waals surface area contributed by atoms with Crippen LogP contribution in [-0.2, 0) is 0 Å². The van der Waals surface area contributed by atoms with Gasteiger partial charge in [0.25, 0.3) is 0 Å². The average molecular weight is 270 g/mol. The van der Waals surface area contributed by atoms with Gasteiger partial charge >= 0.3 is 0 Å². The van der Waals surface area contributed by atoms with Crippen LogP contribution in [0.5, 0.6) is 0 Å². The minimum Gasteiger partial charge on any atom is -0.393 e.